The predicted molar refractivity (Wildman–Crippen MR) is 94.9 cm³/mol. The molecule has 2 N–H and O–H groups in total. The van der Waals surface area contributed by atoms with Gasteiger partial charge in [-0.25, -0.2) is 0 Å². The zero-order valence-electron chi connectivity index (χ0n) is 13.1. The molecule has 0 unspecified atom stereocenters. The van der Waals surface area contributed by atoms with Crippen molar-refractivity contribution in [1.82, 2.24) is 15.0 Å². The molecule has 0 saturated carbocycles. The second-order valence-electron chi connectivity index (χ2n) is 5.50. The lowest BCUT2D eigenvalue weighted by Crippen LogP contribution is -2.12. The quantitative estimate of drug-likeness (QED) is 0.564. The number of benzene rings is 3. The van der Waals surface area contributed by atoms with Gasteiger partial charge < -0.3 is 10.4 Å². The number of nitrogens with one attached hydrogen (secondary N) is 1. The second kappa shape index (κ2) is 6.09. The van der Waals surface area contributed by atoms with E-state index in [-0.39, 0.29) is 11.7 Å². The van der Waals surface area contributed by atoms with Crippen LogP contribution in [0.25, 0.3) is 16.7 Å². The van der Waals surface area contributed by atoms with E-state index < -0.39 is 0 Å². The lowest BCUT2D eigenvalue weighted by molar-refractivity contribution is 0.102. The summed E-state index contributed by atoms with van der Waals surface area (Å²) in [5, 5.41) is 21.7. The average molecular weight is 330 g/mol. The fraction of sp³-hybridized carbons (Fsp3) is 0. The molecule has 0 fully saturated rings. The molecule has 0 spiro atoms. The van der Waals surface area contributed by atoms with Crippen molar-refractivity contribution < 1.29 is 9.90 Å². The topological polar surface area (TPSA) is 80.0 Å². The zero-order chi connectivity index (χ0) is 17.2. The lowest BCUT2D eigenvalue weighted by Gasteiger charge is -2.08. The molecule has 0 aliphatic heterocycles. The molecule has 3 aromatic carbocycles. The first-order valence-electron chi connectivity index (χ1n) is 7.72. The second-order valence-corrected chi connectivity index (χ2v) is 5.50. The number of amides is 1. The molecule has 0 aliphatic rings. The van der Waals surface area contributed by atoms with Crippen molar-refractivity contribution in [2.24, 2.45) is 0 Å². The average Bonchev–Trinajstić information content (AvgIpc) is 3.08. The molecule has 1 aromatic heterocycles. The Hall–Kier alpha value is -3.67. The van der Waals surface area contributed by atoms with Gasteiger partial charge in [0, 0.05) is 11.3 Å². The molecule has 0 radical (unpaired) electrons. The molecule has 0 aliphatic carbocycles. The molecule has 1 amide bonds. The van der Waals surface area contributed by atoms with Crippen LogP contribution >= 0.6 is 0 Å². The van der Waals surface area contributed by atoms with Crippen LogP contribution in [0.3, 0.4) is 0 Å². The maximum absolute atomic E-state index is 12.3. The highest BCUT2D eigenvalue weighted by Gasteiger charge is 2.11. The fourth-order valence-corrected chi connectivity index (χ4v) is 2.52. The first-order valence-corrected chi connectivity index (χ1v) is 7.72. The maximum Gasteiger partial charge on any atom is 0.255 e. The van der Waals surface area contributed by atoms with Gasteiger partial charge in [0.25, 0.3) is 5.91 Å². The van der Waals surface area contributed by atoms with Gasteiger partial charge in [-0.2, -0.15) is 0 Å². The van der Waals surface area contributed by atoms with Crippen LogP contribution in [0.15, 0.2) is 72.8 Å². The van der Waals surface area contributed by atoms with Crippen LogP contribution in [0.2, 0.25) is 0 Å². The number of phenols is 1. The Morgan fingerprint density at radius 3 is 2.20 bits per heavy atom. The van der Waals surface area contributed by atoms with Gasteiger partial charge in [-0.15, -0.1) is 15.0 Å². The van der Waals surface area contributed by atoms with Crippen molar-refractivity contribution in [2.75, 3.05) is 5.32 Å². The number of phenolic OH excluding ortho intramolecular Hbond substituents is 1. The Labute approximate surface area is 143 Å². The molecular formula is C19H14N4O2. The van der Waals surface area contributed by atoms with E-state index in [0.717, 1.165) is 11.0 Å². The minimum atomic E-state index is -0.226. The summed E-state index contributed by atoms with van der Waals surface area (Å²) in [5.74, 6) is -0.200. The summed E-state index contributed by atoms with van der Waals surface area (Å²) < 4.78 is 0. The zero-order valence-corrected chi connectivity index (χ0v) is 13.1. The smallest absolute Gasteiger partial charge is 0.255 e. The summed E-state index contributed by atoms with van der Waals surface area (Å²) >= 11 is 0. The number of aromatic hydroxyl groups is 1. The van der Waals surface area contributed by atoms with Crippen molar-refractivity contribution in [2.45, 2.75) is 0 Å². The molecule has 6 heteroatoms. The summed E-state index contributed by atoms with van der Waals surface area (Å²) in [7, 11) is 0. The van der Waals surface area contributed by atoms with Gasteiger partial charge in [0.1, 0.15) is 22.5 Å². The van der Waals surface area contributed by atoms with Gasteiger partial charge in [0.05, 0.1) is 0 Å². The number of hydrogen-bond donors (Lipinski definition) is 2. The highest BCUT2D eigenvalue weighted by Crippen LogP contribution is 2.25. The number of hydrogen-bond acceptors (Lipinski definition) is 4. The van der Waals surface area contributed by atoms with Crippen LogP contribution in [-0.4, -0.2) is 26.0 Å². The van der Waals surface area contributed by atoms with E-state index in [1.54, 1.807) is 36.4 Å². The van der Waals surface area contributed by atoms with Gasteiger partial charge in [-0.3, -0.25) is 4.79 Å². The van der Waals surface area contributed by atoms with Crippen LogP contribution in [0.5, 0.6) is 5.75 Å². The first kappa shape index (κ1) is 14.9. The SMILES string of the molecule is O=C(Nc1ccc(O)c(-n2nc3ccccc3n2)c1)c1ccccc1. The third kappa shape index (κ3) is 2.92. The van der Waals surface area contributed by atoms with Crippen molar-refractivity contribution in [1.29, 1.82) is 0 Å². The predicted octanol–water partition coefficient (Wildman–Crippen LogP) is 3.38. The monoisotopic (exact) mass is 330 g/mol. The number of carbonyl (C=O) groups excluding carboxylic acids is 1. The fourth-order valence-electron chi connectivity index (χ4n) is 2.52. The van der Waals surface area contributed by atoms with Crippen LogP contribution in [0.4, 0.5) is 5.69 Å². The molecule has 4 rings (SSSR count). The van der Waals surface area contributed by atoms with E-state index in [1.165, 1.54) is 10.9 Å². The summed E-state index contributed by atoms with van der Waals surface area (Å²) in [6.45, 7) is 0. The molecule has 0 bridgehead atoms. The molecular weight excluding hydrogens is 316 g/mol. The normalized spacial score (nSPS) is 10.7. The van der Waals surface area contributed by atoms with Crippen molar-refractivity contribution in [3.63, 3.8) is 0 Å². The minimum Gasteiger partial charge on any atom is -0.506 e. The van der Waals surface area contributed by atoms with Crippen LogP contribution in [0, 0.1) is 0 Å². The summed E-state index contributed by atoms with van der Waals surface area (Å²) in [6, 6.07) is 21.1. The van der Waals surface area contributed by atoms with Gasteiger partial charge in [-0.1, -0.05) is 30.3 Å². The maximum atomic E-state index is 12.3. The Balaban J connectivity index is 1.68. The Morgan fingerprint density at radius 1 is 0.880 bits per heavy atom. The summed E-state index contributed by atoms with van der Waals surface area (Å²) in [4.78, 5) is 13.6. The van der Waals surface area contributed by atoms with Crippen LogP contribution in [0.1, 0.15) is 10.4 Å². The van der Waals surface area contributed by atoms with Gasteiger partial charge in [0.2, 0.25) is 0 Å². The number of anilines is 1. The number of fused-ring (bicyclic) bond motifs is 1. The Morgan fingerprint density at radius 2 is 1.52 bits per heavy atom. The first-order chi connectivity index (χ1) is 12.2. The highest BCUT2D eigenvalue weighted by molar-refractivity contribution is 6.04. The third-order valence-electron chi connectivity index (χ3n) is 3.77. The van der Waals surface area contributed by atoms with Gasteiger partial charge >= 0.3 is 0 Å². The summed E-state index contributed by atoms with van der Waals surface area (Å²) in [6.07, 6.45) is 0. The molecule has 122 valence electrons. The number of nitrogens with zero attached hydrogens (tertiary/aromatic N) is 3. The Bertz CT molecular complexity index is 1020. The number of aromatic nitrogens is 3. The van der Waals surface area contributed by atoms with Gasteiger partial charge in [0.15, 0.2) is 0 Å². The molecule has 1 heterocycles. The molecule has 0 saturated heterocycles. The standard InChI is InChI=1S/C19H14N4O2/c24-18-11-10-14(20-19(25)13-6-2-1-3-7-13)12-17(18)23-21-15-8-4-5-9-16(15)22-23/h1-12,24H,(H,20,25). The van der Waals surface area contributed by atoms with E-state index in [4.69, 9.17) is 0 Å². The van der Waals surface area contributed by atoms with E-state index >= 15 is 0 Å². The van der Waals surface area contributed by atoms with Crippen LogP contribution < -0.4 is 5.32 Å². The third-order valence-corrected chi connectivity index (χ3v) is 3.77. The molecule has 25 heavy (non-hydrogen) atoms. The molecule has 0 atom stereocenters. The molecule has 6 nitrogen and oxygen atoms in total. The number of carbonyl (C=O) groups is 1. The van der Waals surface area contributed by atoms with Crippen molar-refractivity contribution >= 4 is 22.6 Å². The van der Waals surface area contributed by atoms with E-state index in [2.05, 4.69) is 15.5 Å². The largest absolute Gasteiger partial charge is 0.506 e. The highest BCUT2D eigenvalue weighted by atomic mass is 16.3. The van der Waals surface area contributed by atoms with Crippen molar-refractivity contribution in [3.8, 4) is 11.4 Å². The minimum absolute atomic E-state index is 0.0259. The summed E-state index contributed by atoms with van der Waals surface area (Å²) in [5.41, 5.74) is 2.94. The Kier molecular flexibility index (Phi) is 3.63. The van der Waals surface area contributed by atoms with E-state index in [1.807, 2.05) is 30.3 Å². The van der Waals surface area contributed by atoms with E-state index in [9.17, 15) is 9.90 Å². The van der Waals surface area contributed by atoms with Crippen LogP contribution in [-0.2, 0) is 0 Å². The van der Waals surface area contributed by atoms with E-state index in [0.29, 0.717) is 16.9 Å². The lowest BCUT2D eigenvalue weighted by atomic mass is 10.2. The number of rotatable bonds is 3. The van der Waals surface area contributed by atoms with Gasteiger partial charge in [-0.05, 0) is 42.5 Å². The van der Waals surface area contributed by atoms with Crippen molar-refractivity contribution in [3.05, 3.63) is 78.4 Å². The molecule has 4 aromatic rings.